The van der Waals surface area contributed by atoms with Crippen LogP contribution in [0.2, 0.25) is 0 Å². The van der Waals surface area contributed by atoms with Crippen LogP contribution in [0.1, 0.15) is 47.0 Å². The number of aliphatic imine (C=N–C) groups is 1. The molecule has 0 aliphatic heterocycles. The summed E-state index contributed by atoms with van der Waals surface area (Å²) >= 11 is 1.78. The van der Waals surface area contributed by atoms with Crippen LogP contribution in [0.15, 0.2) is 29.3 Å². The van der Waals surface area contributed by atoms with E-state index in [1.165, 1.54) is 21.0 Å². The van der Waals surface area contributed by atoms with Crippen molar-refractivity contribution in [1.29, 1.82) is 0 Å². The Balaban J connectivity index is 0.00000392. The van der Waals surface area contributed by atoms with Gasteiger partial charge in [0.15, 0.2) is 5.96 Å². The maximum absolute atomic E-state index is 5.70. The molecule has 1 aromatic carbocycles. The molecule has 0 fully saturated rings. The monoisotopic (exact) mass is 516 g/mol. The Morgan fingerprint density at radius 3 is 2.54 bits per heavy atom. The van der Waals surface area contributed by atoms with Crippen molar-refractivity contribution in [3.05, 3.63) is 51.0 Å². The molecular weight excluding hydrogens is 483 g/mol. The second-order valence-corrected chi connectivity index (χ2v) is 7.73. The molecule has 0 unspecified atom stereocenters. The zero-order valence-electron chi connectivity index (χ0n) is 17.4. The third kappa shape index (κ3) is 8.45. The third-order valence-corrected chi connectivity index (χ3v) is 5.31. The Bertz CT molecular complexity index is 713. The van der Waals surface area contributed by atoms with E-state index in [1.807, 2.05) is 0 Å². The van der Waals surface area contributed by atoms with Crippen LogP contribution < -0.4 is 10.6 Å². The normalized spacial score (nSPS) is 11.2. The molecule has 0 spiro atoms. The standard InChI is InChI=1S/C21H32N4OS.HI/c1-5-13-26-15-19-10-8-7-9-18(19)14-24-21(22-6-2)23-12-11-20-25-16(3)17(4)27-20;/h7-10H,5-6,11-15H2,1-4H3,(H2,22,23,24);1H. The van der Waals surface area contributed by atoms with E-state index in [0.717, 1.165) is 44.2 Å². The summed E-state index contributed by atoms with van der Waals surface area (Å²) in [6, 6.07) is 8.35. The summed E-state index contributed by atoms with van der Waals surface area (Å²) in [6.45, 7) is 12.1. The predicted molar refractivity (Wildman–Crippen MR) is 130 cm³/mol. The molecule has 0 aliphatic rings. The lowest BCUT2D eigenvalue weighted by molar-refractivity contribution is 0.121. The lowest BCUT2D eigenvalue weighted by atomic mass is 10.1. The number of benzene rings is 1. The molecule has 0 amide bonds. The number of aromatic nitrogens is 1. The lowest BCUT2D eigenvalue weighted by Crippen LogP contribution is -2.38. The first-order valence-electron chi connectivity index (χ1n) is 9.73. The van der Waals surface area contributed by atoms with Crippen LogP contribution >= 0.6 is 35.3 Å². The Kier molecular flexibility index (Phi) is 12.3. The maximum Gasteiger partial charge on any atom is 0.191 e. The highest BCUT2D eigenvalue weighted by Crippen LogP contribution is 2.16. The van der Waals surface area contributed by atoms with Crippen molar-refractivity contribution < 1.29 is 4.74 Å². The molecular formula is C21H33IN4OS. The molecule has 0 aliphatic carbocycles. The highest BCUT2D eigenvalue weighted by atomic mass is 127. The lowest BCUT2D eigenvalue weighted by Gasteiger charge is -2.12. The Morgan fingerprint density at radius 2 is 1.89 bits per heavy atom. The molecule has 5 nitrogen and oxygen atoms in total. The van der Waals surface area contributed by atoms with E-state index in [4.69, 9.17) is 9.73 Å². The molecule has 0 atom stereocenters. The number of guanidine groups is 1. The van der Waals surface area contributed by atoms with E-state index < -0.39 is 0 Å². The fraction of sp³-hybridized carbons (Fsp3) is 0.524. The molecule has 0 bridgehead atoms. The van der Waals surface area contributed by atoms with Gasteiger partial charge in [0.05, 0.1) is 23.9 Å². The van der Waals surface area contributed by atoms with Gasteiger partial charge >= 0.3 is 0 Å². The largest absolute Gasteiger partial charge is 0.377 e. The fourth-order valence-electron chi connectivity index (χ4n) is 2.62. The topological polar surface area (TPSA) is 58.5 Å². The van der Waals surface area contributed by atoms with Crippen LogP contribution in [0.3, 0.4) is 0 Å². The van der Waals surface area contributed by atoms with Gasteiger partial charge < -0.3 is 15.4 Å². The van der Waals surface area contributed by atoms with Crippen LogP contribution in [-0.2, 0) is 24.3 Å². The first-order valence-corrected chi connectivity index (χ1v) is 10.5. The average Bonchev–Trinajstić information content (AvgIpc) is 2.98. The first-order chi connectivity index (χ1) is 13.1. The Morgan fingerprint density at radius 1 is 1.14 bits per heavy atom. The van der Waals surface area contributed by atoms with Crippen molar-refractivity contribution in [2.24, 2.45) is 4.99 Å². The van der Waals surface area contributed by atoms with Gasteiger partial charge in [-0.2, -0.15) is 0 Å². The van der Waals surface area contributed by atoms with E-state index in [0.29, 0.717) is 13.2 Å². The van der Waals surface area contributed by atoms with Gasteiger partial charge in [-0.05, 0) is 38.3 Å². The maximum atomic E-state index is 5.70. The average molecular weight is 516 g/mol. The smallest absolute Gasteiger partial charge is 0.191 e. The minimum absolute atomic E-state index is 0. The summed E-state index contributed by atoms with van der Waals surface area (Å²) in [4.78, 5) is 10.6. The van der Waals surface area contributed by atoms with Crippen LogP contribution in [0, 0.1) is 13.8 Å². The summed E-state index contributed by atoms with van der Waals surface area (Å²) < 4.78 is 5.70. The summed E-state index contributed by atoms with van der Waals surface area (Å²) in [5, 5.41) is 7.91. The van der Waals surface area contributed by atoms with Crippen molar-refractivity contribution >= 4 is 41.3 Å². The number of rotatable bonds is 10. The first kappa shape index (κ1) is 24.8. The SMILES string of the molecule is CCCOCc1ccccc1CN=C(NCC)NCCc1nc(C)c(C)s1.I. The molecule has 2 aromatic rings. The Labute approximate surface area is 190 Å². The zero-order valence-corrected chi connectivity index (χ0v) is 20.5. The van der Waals surface area contributed by atoms with Crippen molar-refractivity contribution in [2.45, 2.75) is 53.7 Å². The van der Waals surface area contributed by atoms with Crippen LogP contribution in [0.4, 0.5) is 0 Å². The highest BCUT2D eigenvalue weighted by Gasteiger charge is 2.05. The summed E-state index contributed by atoms with van der Waals surface area (Å²) in [6.07, 6.45) is 1.94. The molecule has 0 saturated carbocycles. The van der Waals surface area contributed by atoms with Gasteiger partial charge in [-0.3, -0.25) is 0 Å². The van der Waals surface area contributed by atoms with Crippen molar-refractivity contribution in [3.63, 3.8) is 0 Å². The number of hydrogen-bond acceptors (Lipinski definition) is 4. The molecule has 0 saturated heterocycles. The van der Waals surface area contributed by atoms with E-state index in [2.05, 4.69) is 67.6 Å². The molecule has 156 valence electrons. The number of ether oxygens (including phenoxy) is 1. The number of aryl methyl sites for hydroxylation is 2. The minimum Gasteiger partial charge on any atom is -0.377 e. The summed E-state index contributed by atoms with van der Waals surface area (Å²) in [5.41, 5.74) is 3.55. The Hall–Kier alpha value is -1.19. The van der Waals surface area contributed by atoms with E-state index in [1.54, 1.807) is 11.3 Å². The van der Waals surface area contributed by atoms with Gasteiger partial charge in [0, 0.05) is 31.0 Å². The van der Waals surface area contributed by atoms with E-state index in [9.17, 15) is 0 Å². The molecule has 1 heterocycles. The van der Waals surface area contributed by atoms with Gasteiger partial charge in [-0.25, -0.2) is 9.98 Å². The van der Waals surface area contributed by atoms with Gasteiger partial charge in [0.25, 0.3) is 0 Å². The van der Waals surface area contributed by atoms with Crippen molar-refractivity contribution in [2.75, 3.05) is 19.7 Å². The van der Waals surface area contributed by atoms with Gasteiger partial charge in [0.1, 0.15) is 0 Å². The number of nitrogens with one attached hydrogen (secondary N) is 2. The quantitative estimate of drug-likeness (QED) is 0.210. The molecule has 0 radical (unpaired) electrons. The van der Waals surface area contributed by atoms with Crippen LogP contribution in [0.25, 0.3) is 0 Å². The summed E-state index contributed by atoms with van der Waals surface area (Å²) in [7, 11) is 0. The fourth-order valence-corrected chi connectivity index (χ4v) is 3.55. The van der Waals surface area contributed by atoms with E-state index in [-0.39, 0.29) is 24.0 Å². The number of hydrogen-bond donors (Lipinski definition) is 2. The molecule has 2 rings (SSSR count). The predicted octanol–water partition coefficient (Wildman–Crippen LogP) is 4.60. The number of nitrogens with zero attached hydrogens (tertiary/aromatic N) is 2. The molecule has 28 heavy (non-hydrogen) atoms. The zero-order chi connectivity index (χ0) is 19.5. The van der Waals surface area contributed by atoms with Gasteiger partial charge in [-0.15, -0.1) is 35.3 Å². The highest BCUT2D eigenvalue weighted by molar-refractivity contribution is 14.0. The number of halogens is 1. The minimum atomic E-state index is 0. The van der Waals surface area contributed by atoms with Gasteiger partial charge in [-0.1, -0.05) is 31.2 Å². The third-order valence-electron chi connectivity index (χ3n) is 4.18. The molecule has 2 N–H and O–H groups in total. The van der Waals surface area contributed by atoms with Crippen molar-refractivity contribution in [1.82, 2.24) is 15.6 Å². The van der Waals surface area contributed by atoms with Crippen LogP contribution in [-0.4, -0.2) is 30.6 Å². The molecule has 7 heteroatoms. The summed E-state index contributed by atoms with van der Waals surface area (Å²) in [5.74, 6) is 0.840. The van der Waals surface area contributed by atoms with Gasteiger partial charge in [0.2, 0.25) is 0 Å². The molecule has 1 aromatic heterocycles. The second-order valence-electron chi connectivity index (χ2n) is 6.44. The van der Waals surface area contributed by atoms with Crippen molar-refractivity contribution in [3.8, 4) is 0 Å². The number of thiazole rings is 1. The second kappa shape index (κ2) is 13.9. The van der Waals surface area contributed by atoms with Crippen LogP contribution in [0.5, 0.6) is 0 Å². The van der Waals surface area contributed by atoms with E-state index >= 15 is 0 Å².